The maximum absolute atomic E-state index is 13.0. The molecule has 0 aliphatic carbocycles. The lowest BCUT2D eigenvalue weighted by Gasteiger charge is -2.30. The summed E-state index contributed by atoms with van der Waals surface area (Å²) in [7, 11) is 0. The number of halogens is 5. The van der Waals surface area contributed by atoms with Gasteiger partial charge in [0.15, 0.2) is 6.54 Å². The largest absolute Gasteiger partial charge is 0.390 e. The van der Waals surface area contributed by atoms with Crippen LogP contribution in [0.4, 0.5) is 0 Å². The molecule has 0 spiro atoms. The summed E-state index contributed by atoms with van der Waals surface area (Å²) >= 11 is 30.0. The molecule has 0 fully saturated rings. The smallest absolute Gasteiger partial charge is 0.266 e. The van der Waals surface area contributed by atoms with Gasteiger partial charge in [0.25, 0.3) is 0 Å². The average Bonchev–Trinajstić information content (AvgIpc) is 2.59. The molecule has 2 aromatic carbocycles. The summed E-state index contributed by atoms with van der Waals surface area (Å²) in [4.78, 5) is 25.0. The maximum Gasteiger partial charge on any atom is 0.390 e. The van der Waals surface area contributed by atoms with E-state index in [2.05, 4.69) is 0 Å². The van der Waals surface area contributed by atoms with Gasteiger partial charge >= 0.3 is 11.8 Å². The molecule has 0 heterocycles. The molecule has 0 aliphatic rings. The van der Waals surface area contributed by atoms with Gasteiger partial charge in [0.2, 0.25) is 11.8 Å². The van der Waals surface area contributed by atoms with Gasteiger partial charge in [-0.05, 0) is 22.3 Å². The summed E-state index contributed by atoms with van der Waals surface area (Å²) in [6.45, 7) is -0.0858. The number of benzene rings is 2. The van der Waals surface area contributed by atoms with Crippen molar-refractivity contribution in [2.45, 2.75) is 6.54 Å². The molecular formula is C16H12Cl5N2O2+. The number of carbonyl (C=O) groups excluding carboxylic acids is 2. The van der Waals surface area contributed by atoms with Crippen LogP contribution in [-0.4, -0.2) is 26.3 Å². The van der Waals surface area contributed by atoms with E-state index in [1.807, 2.05) is 6.07 Å². The van der Waals surface area contributed by atoms with Crippen LogP contribution in [0.2, 0.25) is 10.0 Å². The van der Waals surface area contributed by atoms with Crippen LogP contribution in [0.3, 0.4) is 0 Å². The molecule has 4 nitrogen and oxygen atoms in total. The highest BCUT2D eigenvalue weighted by atomic mass is 35.5. The Morgan fingerprint density at radius 2 is 1.56 bits per heavy atom. The molecule has 132 valence electrons. The van der Waals surface area contributed by atoms with Gasteiger partial charge in [0.1, 0.15) is 5.88 Å². The van der Waals surface area contributed by atoms with Crippen LogP contribution in [0.1, 0.15) is 15.9 Å². The summed E-state index contributed by atoms with van der Waals surface area (Å²) < 4.78 is -0.507. The number of quaternary nitrogens is 1. The normalized spacial score (nSPS) is 13.2. The highest BCUT2D eigenvalue weighted by Gasteiger charge is 2.47. The number of hydrogen-bond donors (Lipinski definition) is 0. The molecule has 0 aromatic heterocycles. The molecule has 0 saturated carbocycles. The molecule has 0 aliphatic heterocycles. The fraction of sp³-hybridized carbons (Fsp3) is 0.125. The predicted molar refractivity (Wildman–Crippen MR) is 100 cm³/mol. The summed E-state index contributed by atoms with van der Waals surface area (Å²) in [5.41, 5.74) is 0.795. The number of amides is 2. The van der Waals surface area contributed by atoms with E-state index in [0.717, 1.165) is 0 Å². The van der Waals surface area contributed by atoms with Gasteiger partial charge in [0.05, 0.1) is 17.3 Å². The Kier molecular flexibility index (Phi) is 6.97. The Morgan fingerprint density at radius 3 is 2.08 bits per heavy atom. The molecule has 1 atom stereocenters. The minimum absolute atomic E-state index is 0.0858. The second kappa shape index (κ2) is 8.58. The van der Waals surface area contributed by atoms with Crippen molar-refractivity contribution < 1.29 is 13.7 Å². The first-order valence-corrected chi connectivity index (χ1v) is 8.92. The zero-order valence-corrected chi connectivity index (χ0v) is 16.4. The number of hydrogen-bond acceptors (Lipinski definition) is 2. The standard InChI is InChI=1S/C16H12Cl5N2O2/c17-9-15(24)22(20)23(21,10-11-4-2-1-3-5-11)16(25)12-6-13(18)8-14(19)7-12/h1-8H,9-10H2/q+1. The summed E-state index contributed by atoms with van der Waals surface area (Å²) in [6.07, 6.45) is 0. The van der Waals surface area contributed by atoms with Crippen LogP contribution in [0.25, 0.3) is 0 Å². The van der Waals surface area contributed by atoms with Crippen molar-refractivity contribution in [3.8, 4) is 0 Å². The topological polar surface area (TPSA) is 37.4 Å². The lowest BCUT2D eigenvalue weighted by atomic mass is 10.2. The molecule has 9 heteroatoms. The van der Waals surface area contributed by atoms with Gasteiger partial charge in [-0.25, -0.2) is 4.79 Å². The molecule has 0 bridgehead atoms. The zero-order chi connectivity index (χ0) is 18.6. The summed E-state index contributed by atoms with van der Waals surface area (Å²) in [5.74, 6) is -1.84. The lowest BCUT2D eigenvalue weighted by molar-refractivity contribution is -0.838. The molecule has 2 amide bonds. The van der Waals surface area contributed by atoms with Crippen molar-refractivity contribution in [3.05, 3.63) is 69.7 Å². The second-order valence-electron chi connectivity index (χ2n) is 5.07. The van der Waals surface area contributed by atoms with Crippen molar-refractivity contribution in [1.82, 2.24) is 4.53 Å². The quantitative estimate of drug-likeness (QED) is 0.360. The third-order valence-corrected chi connectivity index (χ3v) is 4.87. The van der Waals surface area contributed by atoms with E-state index in [1.54, 1.807) is 24.3 Å². The van der Waals surface area contributed by atoms with Gasteiger partial charge in [-0.3, -0.25) is 4.79 Å². The third-order valence-electron chi connectivity index (χ3n) is 3.25. The summed E-state index contributed by atoms with van der Waals surface area (Å²) in [6, 6.07) is 13.1. The summed E-state index contributed by atoms with van der Waals surface area (Å²) in [5, 5.41) is 0.507. The van der Waals surface area contributed by atoms with Crippen molar-refractivity contribution in [2.75, 3.05) is 5.88 Å². The van der Waals surface area contributed by atoms with Crippen molar-refractivity contribution >= 4 is 70.2 Å². The van der Waals surface area contributed by atoms with E-state index in [4.69, 9.17) is 58.4 Å². The number of carbonyl (C=O) groups is 2. The van der Waals surface area contributed by atoms with E-state index in [1.165, 1.54) is 18.2 Å². The van der Waals surface area contributed by atoms with Crippen molar-refractivity contribution in [3.63, 3.8) is 0 Å². The molecule has 0 radical (unpaired) electrons. The maximum atomic E-state index is 13.0. The molecule has 2 aromatic rings. The highest BCUT2D eigenvalue weighted by Crippen LogP contribution is 2.31. The minimum Gasteiger partial charge on any atom is -0.266 e. The van der Waals surface area contributed by atoms with Gasteiger partial charge in [-0.2, -0.15) is 0 Å². The minimum atomic E-state index is -1.08. The predicted octanol–water partition coefficient (Wildman–Crippen LogP) is 5.44. The van der Waals surface area contributed by atoms with E-state index in [-0.39, 0.29) is 22.2 Å². The highest BCUT2D eigenvalue weighted by molar-refractivity contribution is 6.35. The molecule has 2 rings (SSSR count). The van der Waals surface area contributed by atoms with Gasteiger partial charge in [-0.1, -0.05) is 58.1 Å². The third kappa shape index (κ3) is 4.79. The Bertz CT molecular complexity index is 767. The second-order valence-corrected chi connectivity index (χ2v) is 7.09. The molecule has 0 saturated heterocycles. The first-order chi connectivity index (χ1) is 11.8. The Balaban J connectivity index is 2.49. The van der Waals surface area contributed by atoms with Crippen LogP contribution in [0.5, 0.6) is 0 Å². The molecule has 0 N–H and O–H groups in total. The molecular weight excluding hydrogens is 429 g/mol. The van der Waals surface area contributed by atoms with E-state index in [9.17, 15) is 9.59 Å². The SMILES string of the molecule is O=C(CCl)N(Cl)[N+](Cl)(Cc1ccccc1)C(=O)c1cc(Cl)cc(Cl)c1. The first kappa shape index (κ1) is 20.3. The van der Waals surface area contributed by atoms with Gasteiger partial charge < -0.3 is 0 Å². The van der Waals surface area contributed by atoms with E-state index >= 15 is 0 Å². The fourth-order valence-electron chi connectivity index (χ4n) is 2.14. The van der Waals surface area contributed by atoms with Crippen LogP contribution in [0.15, 0.2) is 48.5 Å². The number of rotatable bonds is 4. The molecule has 1 unspecified atom stereocenters. The van der Waals surface area contributed by atoms with Gasteiger partial charge in [0, 0.05) is 15.6 Å². The van der Waals surface area contributed by atoms with E-state index in [0.29, 0.717) is 10.1 Å². The van der Waals surface area contributed by atoms with Gasteiger partial charge in [-0.15, -0.1) is 11.6 Å². The monoisotopic (exact) mass is 439 g/mol. The van der Waals surface area contributed by atoms with E-state index < -0.39 is 21.8 Å². The lowest BCUT2D eigenvalue weighted by Crippen LogP contribution is -2.54. The average molecular weight is 442 g/mol. The van der Waals surface area contributed by atoms with Crippen molar-refractivity contribution in [2.24, 2.45) is 0 Å². The zero-order valence-electron chi connectivity index (χ0n) is 12.6. The van der Waals surface area contributed by atoms with Crippen LogP contribution < -0.4 is 0 Å². The fourth-order valence-corrected chi connectivity index (χ4v) is 3.34. The Morgan fingerprint density at radius 1 is 1.00 bits per heavy atom. The number of alkyl halides is 1. The van der Waals surface area contributed by atoms with Crippen molar-refractivity contribution in [1.29, 1.82) is 0 Å². The van der Waals surface area contributed by atoms with Crippen LogP contribution in [0, 0.1) is 0 Å². The number of nitrogens with zero attached hydrogens (tertiary/aromatic N) is 2. The Hall–Kier alpha value is -1.01. The molecule has 25 heavy (non-hydrogen) atoms. The Labute approximate surface area is 170 Å². The van der Waals surface area contributed by atoms with Crippen LogP contribution >= 0.6 is 58.4 Å². The first-order valence-electron chi connectivity index (χ1n) is 6.95. The van der Waals surface area contributed by atoms with Crippen LogP contribution in [-0.2, 0) is 11.3 Å².